The van der Waals surface area contributed by atoms with E-state index in [0.717, 1.165) is 11.3 Å². The normalized spacial score (nSPS) is 12.3. The second kappa shape index (κ2) is 5.68. The number of benzene rings is 2. The van der Waals surface area contributed by atoms with E-state index in [9.17, 15) is 4.39 Å². The van der Waals surface area contributed by atoms with E-state index in [4.69, 9.17) is 17.3 Å². The molecule has 0 saturated heterocycles. The van der Waals surface area contributed by atoms with Crippen molar-refractivity contribution in [1.29, 1.82) is 0 Å². The molecule has 2 N–H and O–H groups in total. The van der Waals surface area contributed by atoms with E-state index in [1.807, 2.05) is 30.3 Å². The number of aromatic nitrogens is 2. The summed E-state index contributed by atoms with van der Waals surface area (Å²) in [5.41, 5.74) is 8.71. The zero-order chi connectivity index (χ0) is 14.8. The van der Waals surface area contributed by atoms with Gasteiger partial charge in [0.15, 0.2) is 0 Å². The molecule has 1 atom stereocenters. The van der Waals surface area contributed by atoms with Gasteiger partial charge in [-0.3, -0.25) is 4.57 Å². The van der Waals surface area contributed by atoms with E-state index in [2.05, 4.69) is 4.98 Å². The third kappa shape index (κ3) is 2.68. The summed E-state index contributed by atoms with van der Waals surface area (Å²) in [5.74, 6) is -0.377. The van der Waals surface area contributed by atoms with Crippen molar-refractivity contribution in [2.75, 3.05) is 0 Å². The summed E-state index contributed by atoms with van der Waals surface area (Å²) in [5, 5.41) is 0.314. The molecule has 2 aromatic carbocycles. The summed E-state index contributed by atoms with van der Waals surface area (Å²) >= 11 is 6.11. The molecule has 1 aromatic heterocycles. The minimum atomic E-state index is -0.377. The minimum Gasteiger partial charge on any atom is -0.319 e. The Bertz CT molecular complexity index is 755. The fourth-order valence-corrected chi connectivity index (χ4v) is 2.50. The maximum atomic E-state index is 13.2. The number of hydrogen-bond donors (Lipinski definition) is 1. The van der Waals surface area contributed by atoms with E-state index < -0.39 is 0 Å². The highest BCUT2D eigenvalue weighted by atomic mass is 35.5. The molecule has 0 spiro atoms. The van der Waals surface area contributed by atoms with E-state index in [-0.39, 0.29) is 11.9 Å². The van der Waals surface area contributed by atoms with Crippen LogP contribution in [-0.2, 0) is 0 Å². The van der Waals surface area contributed by atoms with Crippen LogP contribution < -0.4 is 5.73 Å². The topological polar surface area (TPSA) is 43.8 Å². The van der Waals surface area contributed by atoms with Gasteiger partial charge in [-0.25, -0.2) is 9.37 Å². The highest BCUT2D eigenvalue weighted by Gasteiger charge is 2.16. The Kier molecular flexibility index (Phi) is 3.73. The van der Waals surface area contributed by atoms with Gasteiger partial charge >= 0.3 is 0 Å². The van der Waals surface area contributed by atoms with Crippen LogP contribution in [0.15, 0.2) is 61.1 Å². The van der Waals surface area contributed by atoms with Crippen LogP contribution in [0.5, 0.6) is 0 Å². The van der Waals surface area contributed by atoms with Crippen molar-refractivity contribution in [2.24, 2.45) is 5.73 Å². The Morgan fingerprint density at radius 1 is 1.14 bits per heavy atom. The molecule has 0 amide bonds. The van der Waals surface area contributed by atoms with E-state index in [0.29, 0.717) is 10.7 Å². The van der Waals surface area contributed by atoms with Gasteiger partial charge in [-0.15, -0.1) is 0 Å². The molecule has 0 aliphatic rings. The Balaban J connectivity index is 2.05. The molecule has 0 aliphatic heterocycles. The van der Waals surface area contributed by atoms with Crippen LogP contribution in [0.2, 0.25) is 5.02 Å². The molecular weight excluding hydrogens is 289 g/mol. The average Bonchev–Trinajstić information content (AvgIpc) is 2.96. The molecule has 3 rings (SSSR count). The smallest absolute Gasteiger partial charge is 0.124 e. The Morgan fingerprint density at radius 2 is 1.90 bits per heavy atom. The van der Waals surface area contributed by atoms with Gasteiger partial charge in [0, 0.05) is 0 Å². The van der Waals surface area contributed by atoms with Crippen LogP contribution in [0.4, 0.5) is 4.39 Å². The van der Waals surface area contributed by atoms with Crippen LogP contribution >= 0.6 is 11.6 Å². The Hall–Kier alpha value is -2.17. The predicted molar refractivity (Wildman–Crippen MR) is 81.0 cm³/mol. The summed E-state index contributed by atoms with van der Waals surface area (Å²) < 4.78 is 15.0. The molecule has 0 radical (unpaired) electrons. The van der Waals surface area contributed by atoms with Gasteiger partial charge < -0.3 is 5.73 Å². The first kappa shape index (κ1) is 13.8. The van der Waals surface area contributed by atoms with Crippen molar-refractivity contribution in [2.45, 2.75) is 6.04 Å². The molecule has 0 saturated carbocycles. The van der Waals surface area contributed by atoms with Gasteiger partial charge in [0.2, 0.25) is 0 Å². The molecule has 0 bridgehead atoms. The van der Waals surface area contributed by atoms with Crippen molar-refractivity contribution >= 4 is 11.6 Å². The van der Waals surface area contributed by atoms with Crippen molar-refractivity contribution in [3.63, 3.8) is 0 Å². The van der Waals surface area contributed by atoms with Crippen molar-refractivity contribution in [1.82, 2.24) is 9.55 Å². The lowest BCUT2D eigenvalue weighted by atomic mass is 10.1. The maximum absolute atomic E-state index is 13.2. The van der Waals surface area contributed by atoms with Crippen LogP contribution in [0.25, 0.3) is 5.69 Å². The summed E-state index contributed by atoms with van der Waals surface area (Å²) in [6.07, 6.45) is 3.31. The lowest BCUT2D eigenvalue weighted by molar-refractivity contribution is 0.627. The second-order valence-electron chi connectivity index (χ2n) is 4.67. The van der Waals surface area contributed by atoms with Gasteiger partial charge in [-0.05, 0) is 23.8 Å². The summed E-state index contributed by atoms with van der Waals surface area (Å²) in [4.78, 5) is 4.14. The molecule has 3 aromatic rings. The Labute approximate surface area is 126 Å². The summed E-state index contributed by atoms with van der Waals surface area (Å²) in [7, 11) is 0. The van der Waals surface area contributed by atoms with Crippen molar-refractivity contribution < 1.29 is 4.39 Å². The third-order valence-electron chi connectivity index (χ3n) is 3.31. The van der Waals surface area contributed by atoms with Gasteiger partial charge in [0.05, 0.1) is 35.0 Å². The standard InChI is InChI=1S/C16H13ClFN3/c17-13-8-12(18)6-7-14(13)21-10-20-9-15(21)16(19)11-4-2-1-3-5-11/h1-10,16H,19H2. The lowest BCUT2D eigenvalue weighted by Crippen LogP contribution is -2.15. The van der Waals surface area contributed by atoms with Gasteiger partial charge in [0.25, 0.3) is 0 Å². The first-order valence-corrected chi connectivity index (χ1v) is 6.83. The SMILES string of the molecule is NC(c1ccccc1)c1cncn1-c1ccc(F)cc1Cl. The number of halogens is 2. The quantitative estimate of drug-likeness (QED) is 0.801. The van der Waals surface area contributed by atoms with Crippen LogP contribution in [-0.4, -0.2) is 9.55 Å². The molecular formula is C16H13ClFN3. The van der Waals surface area contributed by atoms with Crippen molar-refractivity contribution in [3.05, 3.63) is 83.2 Å². The molecule has 21 heavy (non-hydrogen) atoms. The number of hydrogen-bond acceptors (Lipinski definition) is 2. The van der Waals surface area contributed by atoms with Gasteiger partial charge in [-0.2, -0.15) is 0 Å². The maximum Gasteiger partial charge on any atom is 0.124 e. The predicted octanol–water partition coefficient (Wildman–Crippen LogP) is 3.71. The number of nitrogens with zero attached hydrogens (tertiary/aromatic N) is 2. The number of nitrogens with two attached hydrogens (primary N) is 1. The van der Waals surface area contributed by atoms with E-state index in [1.165, 1.54) is 12.1 Å². The molecule has 106 valence electrons. The summed E-state index contributed by atoms with van der Waals surface area (Å²) in [6.45, 7) is 0. The zero-order valence-electron chi connectivity index (χ0n) is 11.1. The minimum absolute atomic E-state index is 0.314. The summed E-state index contributed by atoms with van der Waals surface area (Å²) in [6, 6.07) is 13.6. The van der Waals surface area contributed by atoms with Crippen LogP contribution in [0.3, 0.4) is 0 Å². The molecule has 0 fully saturated rings. The largest absolute Gasteiger partial charge is 0.319 e. The second-order valence-corrected chi connectivity index (χ2v) is 5.08. The third-order valence-corrected chi connectivity index (χ3v) is 3.62. The first-order chi connectivity index (χ1) is 10.2. The molecule has 1 unspecified atom stereocenters. The molecule has 1 heterocycles. The zero-order valence-corrected chi connectivity index (χ0v) is 11.8. The highest BCUT2D eigenvalue weighted by Crippen LogP contribution is 2.26. The lowest BCUT2D eigenvalue weighted by Gasteiger charge is -2.16. The van der Waals surface area contributed by atoms with Gasteiger partial charge in [-0.1, -0.05) is 41.9 Å². The fourth-order valence-electron chi connectivity index (χ4n) is 2.24. The Morgan fingerprint density at radius 3 is 2.62 bits per heavy atom. The van der Waals surface area contributed by atoms with Gasteiger partial charge in [0.1, 0.15) is 5.82 Å². The monoisotopic (exact) mass is 301 g/mol. The van der Waals surface area contributed by atoms with E-state index >= 15 is 0 Å². The first-order valence-electron chi connectivity index (χ1n) is 6.45. The molecule has 5 heteroatoms. The molecule has 0 aliphatic carbocycles. The molecule has 3 nitrogen and oxygen atoms in total. The fraction of sp³-hybridized carbons (Fsp3) is 0.0625. The van der Waals surface area contributed by atoms with Crippen molar-refractivity contribution in [3.8, 4) is 5.69 Å². The van der Waals surface area contributed by atoms with Crippen LogP contribution in [0, 0.1) is 5.82 Å². The van der Waals surface area contributed by atoms with E-state index in [1.54, 1.807) is 23.2 Å². The number of imidazole rings is 1. The van der Waals surface area contributed by atoms with Crippen LogP contribution in [0.1, 0.15) is 17.3 Å². The average molecular weight is 302 g/mol. The number of rotatable bonds is 3. The highest BCUT2D eigenvalue weighted by molar-refractivity contribution is 6.32.